The average Bonchev–Trinajstić information content (AvgIpc) is 3.28. The Balaban J connectivity index is 1.44. The molecule has 1 saturated heterocycles. The van der Waals surface area contributed by atoms with Crippen molar-refractivity contribution in [3.63, 3.8) is 0 Å². The van der Waals surface area contributed by atoms with E-state index in [1.807, 2.05) is 36.4 Å². The fraction of sp³-hybridized carbons (Fsp3) is 0.375. The van der Waals surface area contributed by atoms with E-state index in [0.29, 0.717) is 23.2 Å². The molecule has 2 atom stereocenters. The molecule has 4 rings (SSSR count). The van der Waals surface area contributed by atoms with Gasteiger partial charge in [0.1, 0.15) is 6.54 Å². The van der Waals surface area contributed by atoms with Crippen molar-refractivity contribution in [3.8, 4) is 0 Å². The lowest BCUT2D eigenvalue weighted by Gasteiger charge is -2.20. The van der Waals surface area contributed by atoms with Gasteiger partial charge in [-0.1, -0.05) is 57.2 Å². The quantitative estimate of drug-likeness (QED) is 0.700. The number of nitrogens with one attached hydrogen (secondary N) is 1. The third kappa shape index (κ3) is 4.00. The van der Waals surface area contributed by atoms with Crippen LogP contribution in [0.15, 0.2) is 58.9 Å². The van der Waals surface area contributed by atoms with Crippen molar-refractivity contribution >= 4 is 29.1 Å². The largest absolute Gasteiger partial charge is 0.324 e. The van der Waals surface area contributed by atoms with Crippen molar-refractivity contribution in [2.75, 3.05) is 16.8 Å². The van der Waals surface area contributed by atoms with Crippen LogP contribution in [0.2, 0.25) is 0 Å². The molecule has 1 fully saturated rings. The normalized spacial score (nSPS) is 19.9. The molecule has 0 spiro atoms. The smallest absolute Gasteiger partial charge is 0.263 e. The van der Waals surface area contributed by atoms with Crippen LogP contribution in [0.4, 0.5) is 11.4 Å². The van der Waals surface area contributed by atoms with Crippen LogP contribution in [0, 0.1) is 0 Å². The van der Waals surface area contributed by atoms with Gasteiger partial charge in [-0.05, 0) is 47.2 Å². The van der Waals surface area contributed by atoms with E-state index in [1.165, 1.54) is 10.6 Å². The number of hydrogen-bond acceptors (Lipinski definition) is 6. The Labute approximate surface area is 187 Å². The van der Waals surface area contributed by atoms with E-state index >= 15 is 0 Å². The Morgan fingerprint density at radius 3 is 2.03 bits per heavy atom. The topological polar surface area (TPSA) is 94.4 Å². The van der Waals surface area contributed by atoms with Gasteiger partial charge in [0, 0.05) is 5.69 Å². The number of hydrogen-bond donors (Lipinski definition) is 1. The van der Waals surface area contributed by atoms with Crippen LogP contribution in [-0.2, 0) is 14.4 Å². The number of anilines is 2. The molecule has 0 bridgehead atoms. The number of carbonyl (C=O) groups excluding carboxylic acids is 3. The third-order valence-electron chi connectivity index (χ3n) is 5.84. The highest BCUT2D eigenvalue weighted by atomic mass is 16.2. The maximum atomic E-state index is 13.1. The van der Waals surface area contributed by atoms with Crippen molar-refractivity contribution in [2.24, 2.45) is 10.3 Å². The summed E-state index contributed by atoms with van der Waals surface area (Å²) in [6.45, 7) is 8.19. The molecule has 0 aromatic heterocycles. The van der Waals surface area contributed by atoms with Crippen molar-refractivity contribution in [2.45, 2.75) is 51.6 Å². The maximum absolute atomic E-state index is 13.1. The zero-order chi connectivity index (χ0) is 23.0. The Morgan fingerprint density at radius 2 is 1.47 bits per heavy atom. The van der Waals surface area contributed by atoms with Gasteiger partial charge in [-0.3, -0.25) is 19.4 Å². The molecule has 2 aromatic carbocycles. The summed E-state index contributed by atoms with van der Waals surface area (Å²) in [6, 6.07) is 13.1. The number of nitrogens with zero attached hydrogens (tertiary/aromatic N) is 4. The molecule has 0 radical (unpaired) electrons. The second-order valence-electron chi connectivity index (χ2n) is 8.78. The van der Waals surface area contributed by atoms with Gasteiger partial charge in [0.15, 0.2) is 12.1 Å². The molecular formula is C24H27N5O3. The number of carbonyl (C=O) groups is 3. The van der Waals surface area contributed by atoms with Gasteiger partial charge in [0.25, 0.3) is 11.8 Å². The fourth-order valence-electron chi connectivity index (χ4n) is 3.92. The maximum Gasteiger partial charge on any atom is 0.263 e. The van der Waals surface area contributed by atoms with Crippen LogP contribution < -0.4 is 10.2 Å². The summed E-state index contributed by atoms with van der Waals surface area (Å²) in [7, 11) is 0. The lowest BCUT2D eigenvalue weighted by Crippen LogP contribution is -2.43. The molecule has 0 unspecified atom stereocenters. The van der Waals surface area contributed by atoms with E-state index < -0.39 is 23.9 Å². The number of benzene rings is 2. The molecule has 1 N–H and O–H groups in total. The molecule has 166 valence electrons. The summed E-state index contributed by atoms with van der Waals surface area (Å²) in [5.41, 5.74) is 3.46. The number of imide groups is 1. The first kappa shape index (κ1) is 21.7. The van der Waals surface area contributed by atoms with Crippen molar-refractivity contribution in [1.29, 1.82) is 0 Å². The van der Waals surface area contributed by atoms with Crippen LogP contribution in [-0.4, -0.2) is 41.4 Å². The Hall–Kier alpha value is -3.55. The van der Waals surface area contributed by atoms with Gasteiger partial charge in [0.2, 0.25) is 5.91 Å². The zero-order valence-corrected chi connectivity index (χ0v) is 18.6. The predicted molar refractivity (Wildman–Crippen MR) is 121 cm³/mol. The van der Waals surface area contributed by atoms with Crippen molar-refractivity contribution in [3.05, 3.63) is 59.7 Å². The highest BCUT2D eigenvalue weighted by Crippen LogP contribution is 2.32. The minimum absolute atomic E-state index is 0.171. The Kier molecular flexibility index (Phi) is 5.78. The fourth-order valence-corrected chi connectivity index (χ4v) is 3.92. The molecule has 8 heteroatoms. The van der Waals surface area contributed by atoms with E-state index in [-0.39, 0.29) is 12.5 Å². The van der Waals surface area contributed by atoms with E-state index in [0.717, 1.165) is 10.5 Å². The Bertz CT molecular complexity index is 1060. The molecule has 3 amide bonds. The Morgan fingerprint density at radius 1 is 0.906 bits per heavy atom. The standard InChI is InChI=1S/C24H27N5O3/c1-14(2)16-5-9-18(10-6-16)25-20(30)13-28-22-21(26-27-28)23(31)29(24(22)32)19-11-7-17(8-12-19)15(3)4/h5-12,14-15,21-22H,13H2,1-4H3,(H,25,30)/t21-,22+/m0/s1. The van der Waals surface area contributed by atoms with Crippen LogP contribution in [0.3, 0.4) is 0 Å². The molecule has 2 aliphatic heterocycles. The predicted octanol–water partition coefficient (Wildman–Crippen LogP) is 3.87. The number of amides is 3. The second-order valence-corrected chi connectivity index (χ2v) is 8.78. The summed E-state index contributed by atoms with van der Waals surface area (Å²) in [5.74, 6) is -0.429. The molecular weight excluding hydrogens is 406 g/mol. The first-order valence-electron chi connectivity index (χ1n) is 10.8. The molecule has 2 aliphatic rings. The van der Waals surface area contributed by atoms with Crippen molar-refractivity contribution < 1.29 is 14.4 Å². The summed E-state index contributed by atoms with van der Waals surface area (Å²) >= 11 is 0. The number of rotatable bonds is 6. The lowest BCUT2D eigenvalue weighted by molar-refractivity contribution is -0.123. The number of fused-ring (bicyclic) bond motifs is 1. The minimum atomic E-state index is -0.926. The molecule has 0 saturated carbocycles. The van der Waals surface area contributed by atoms with Crippen molar-refractivity contribution in [1.82, 2.24) is 5.01 Å². The first-order chi connectivity index (χ1) is 15.3. The summed E-state index contributed by atoms with van der Waals surface area (Å²) in [6.07, 6.45) is 0. The monoisotopic (exact) mass is 433 g/mol. The van der Waals surface area contributed by atoms with Crippen LogP contribution in [0.25, 0.3) is 0 Å². The highest BCUT2D eigenvalue weighted by molar-refractivity contribution is 6.25. The van der Waals surface area contributed by atoms with Gasteiger partial charge in [-0.2, -0.15) is 5.11 Å². The highest BCUT2D eigenvalue weighted by Gasteiger charge is 2.55. The summed E-state index contributed by atoms with van der Waals surface area (Å²) in [5, 5.41) is 12.0. The second kappa shape index (κ2) is 8.53. The molecule has 2 aromatic rings. The van der Waals surface area contributed by atoms with E-state index in [2.05, 4.69) is 43.3 Å². The first-order valence-corrected chi connectivity index (χ1v) is 10.8. The van der Waals surface area contributed by atoms with E-state index in [9.17, 15) is 14.4 Å². The SMILES string of the molecule is CC(C)c1ccc(NC(=O)CN2N=N[C@@H]3C(=O)N(c4ccc(C(C)C)cc4)C(=O)[C@@H]32)cc1. The summed E-state index contributed by atoms with van der Waals surface area (Å²) < 4.78 is 0. The van der Waals surface area contributed by atoms with Gasteiger partial charge in [-0.25, -0.2) is 4.90 Å². The average molecular weight is 434 g/mol. The minimum Gasteiger partial charge on any atom is -0.324 e. The van der Waals surface area contributed by atoms with E-state index in [4.69, 9.17) is 0 Å². The lowest BCUT2D eigenvalue weighted by atomic mass is 10.0. The molecule has 32 heavy (non-hydrogen) atoms. The van der Waals surface area contributed by atoms with E-state index in [1.54, 1.807) is 12.1 Å². The van der Waals surface area contributed by atoms with Gasteiger partial charge in [0.05, 0.1) is 5.69 Å². The van der Waals surface area contributed by atoms with Gasteiger partial charge < -0.3 is 5.32 Å². The zero-order valence-electron chi connectivity index (χ0n) is 18.6. The molecule has 2 heterocycles. The van der Waals surface area contributed by atoms with Crippen LogP contribution in [0.1, 0.15) is 50.7 Å². The van der Waals surface area contributed by atoms with Gasteiger partial charge in [-0.15, -0.1) is 0 Å². The molecule has 0 aliphatic carbocycles. The molecule has 8 nitrogen and oxygen atoms in total. The summed E-state index contributed by atoms with van der Waals surface area (Å²) in [4.78, 5) is 39.6. The van der Waals surface area contributed by atoms with Gasteiger partial charge >= 0.3 is 0 Å². The third-order valence-corrected chi connectivity index (χ3v) is 5.84. The van der Waals surface area contributed by atoms with Crippen LogP contribution in [0.5, 0.6) is 0 Å². The van der Waals surface area contributed by atoms with Crippen LogP contribution >= 0.6 is 0 Å².